The van der Waals surface area contributed by atoms with Gasteiger partial charge in [0.15, 0.2) is 0 Å². The number of hydrogen-bond acceptors (Lipinski definition) is 0. The Balaban J connectivity index is 2.26. The Kier molecular flexibility index (Phi) is 2.20. The second-order valence-electron chi connectivity index (χ2n) is 12.0. The Morgan fingerprint density at radius 2 is 0.700 bits per heavy atom. The molecule has 0 unspecified atom stereocenters. The maximum absolute atomic E-state index is 2.69. The second-order valence-corrected chi connectivity index (χ2v) is 23.0. The molecule has 0 aromatic carbocycles. The van der Waals surface area contributed by atoms with Gasteiger partial charge in [-0.2, -0.15) is 0 Å². The van der Waals surface area contributed by atoms with Gasteiger partial charge in [0.1, 0.15) is 0 Å². The van der Waals surface area contributed by atoms with Crippen LogP contribution in [0.15, 0.2) is 0 Å². The molecular formula is C19H36Ge. The molecule has 1 heteroatoms. The monoisotopic (exact) mass is 338 g/mol. The van der Waals surface area contributed by atoms with Crippen LogP contribution in [0.5, 0.6) is 0 Å². The van der Waals surface area contributed by atoms with Crippen LogP contribution in [0.2, 0.25) is 21.5 Å². The van der Waals surface area contributed by atoms with Gasteiger partial charge in [0.25, 0.3) is 0 Å². The van der Waals surface area contributed by atoms with Crippen molar-refractivity contribution in [3.8, 4) is 0 Å². The summed E-state index contributed by atoms with van der Waals surface area (Å²) in [6, 6.07) is 0. The predicted octanol–water partition coefficient (Wildman–Crippen LogP) is 6.20. The summed E-state index contributed by atoms with van der Waals surface area (Å²) in [4.78, 5) is 0. The van der Waals surface area contributed by atoms with Crippen LogP contribution in [-0.2, 0) is 0 Å². The summed E-state index contributed by atoms with van der Waals surface area (Å²) in [7, 11) is 0. The van der Waals surface area contributed by atoms with Crippen molar-refractivity contribution in [2.45, 2.75) is 83.8 Å². The molecule has 4 saturated carbocycles. The van der Waals surface area contributed by atoms with Crippen molar-refractivity contribution < 1.29 is 0 Å². The fraction of sp³-hybridized carbons (Fsp3) is 1.00. The third-order valence-corrected chi connectivity index (χ3v) is 14.7. The van der Waals surface area contributed by atoms with E-state index in [1.54, 1.807) is 0 Å². The van der Waals surface area contributed by atoms with Gasteiger partial charge in [0, 0.05) is 0 Å². The van der Waals surface area contributed by atoms with Gasteiger partial charge in [-0.25, -0.2) is 0 Å². The molecule has 116 valence electrons. The van der Waals surface area contributed by atoms with Crippen molar-refractivity contribution in [3.05, 3.63) is 0 Å². The van der Waals surface area contributed by atoms with Gasteiger partial charge in [-0.15, -0.1) is 0 Å². The molecule has 0 amide bonds. The van der Waals surface area contributed by atoms with Crippen LogP contribution >= 0.6 is 0 Å². The molecule has 0 N–H and O–H groups in total. The third kappa shape index (κ3) is 0.838. The Bertz CT molecular complexity index is 370. The van der Waals surface area contributed by atoms with Crippen LogP contribution in [0, 0.1) is 32.5 Å². The normalized spacial score (nSPS) is 49.8. The van der Waals surface area contributed by atoms with Crippen LogP contribution < -0.4 is 0 Å². The fourth-order valence-electron chi connectivity index (χ4n) is 8.81. The zero-order valence-electron chi connectivity index (χ0n) is 16.0. The molecule has 0 bridgehead atoms. The van der Waals surface area contributed by atoms with Gasteiger partial charge < -0.3 is 0 Å². The first-order valence-electron chi connectivity index (χ1n) is 8.50. The molecule has 0 aromatic rings. The van der Waals surface area contributed by atoms with Crippen LogP contribution in [0.3, 0.4) is 0 Å². The van der Waals surface area contributed by atoms with Crippen LogP contribution in [-0.4, -0.2) is 13.3 Å². The molecule has 20 heavy (non-hydrogen) atoms. The summed E-state index contributed by atoms with van der Waals surface area (Å²) in [6.45, 7) is 22.8. The Morgan fingerprint density at radius 3 is 0.750 bits per heavy atom. The van der Waals surface area contributed by atoms with E-state index in [1.165, 1.54) is 0 Å². The van der Waals surface area contributed by atoms with E-state index in [1.807, 2.05) is 0 Å². The van der Waals surface area contributed by atoms with Crippen molar-refractivity contribution >= 4 is 13.3 Å². The Hall–Kier alpha value is 0.543. The first-order valence-corrected chi connectivity index (χ1v) is 15.8. The topological polar surface area (TPSA) is 0 Å². The van der Waals surface area contributed by atoms with Gasteiger partial charge >= 0.3 is 130 Å². The van der Waals surface area contributed by atoms with E-state index in [-0.39, 0.29) is 0 Å². The molecule has 0 spiro atoms. The van der Waals surface area contributed by atoms with E-state index in [4.69, 9.17) is 0 Å². The number of rotatable bonds is 1. The van der Waals surface area contributed by atoms with E-state index in [2.05, 4.69) is 79.6 Å². The molecule has 0 saturated heterocycles. The molecule has 0 aliphatic heterocycles. The molecule has 4 fully saturated rings. The van der Waals surface area contributed by atoms with Crippen LogP contribution in [0.25, 0.3) is 0 Å². The summed E-state index contributed by atoms with van der Waals surface area (Å²) in [5.74, 6) is 8.07. The molecular weight excluding hydrogens is 301 g/mol. The summed E-state index contributed by atoms with van der Waals surface area (Å²) < 4.78 is 0.766. The van der Waals surface area contributed by atoms with E-state index in [0.29, 0.717) is 32.5 Å². The van der Waals surface area contributed by atoms with Crippen molar-refractivity contribution in [2.75, 3.05) is 0 Å². The van der Waals surface area contributed by atoms with Gasteiger partial charge in [0.05, 0.1) is 0 Å². The summed E-state index contributed by atoms with van der Waals surface area (Å²) >= 11 is -1.74. The summed E-state index contributed by atoms with van der Waals surface area (Å²) in [6.07, 6.45) is 0. The molecule has 4 aliphatic carbocycles. The first kappa shape index (κ1) is 15.4. The van der Waals surface area contributed by atoms with Crippen molar-refractivity contribution in [1.29, 1.82) is 0 Å². The average molecular weight is 337 g/mol. The zero-order chi connectivity index (χ0) is 16.0. The van der Waals surface area contributed by atoms with E-state index in [0.717, 1.165) is 4.25 Å². The van der Waals surface area contributed by atoms with Crippen LogP contribution in [0.4, 0.5) is 0 Å². The minimum absolute atomic E-state index is 0.464. The average Bonchev–Trinajstić information content (AvgIpc) is 2.93. The Labute approximate surface area is 129 Å². The molecule has 0 aromatic heterocycles. The van der Waals surface area contributed by atoms with Crippen molar-refractivity contribution in [1.82, 2.24) is 0 Å². The Morgan fingerprint density at radius 1 is 0.500 bits per heavy atom. The fourth-order valence-corrected chi connectivity index (χ4v) is 20.2. The van der Waals surface area contributed by atoms with Gasteiger partial charge in [0.2, 0.25) is 0 Å². The molecule has 0 atom stereocenters. The SMILES string of the molecule is CC(C)(C)C12C3(C(C)(C)C)C1(C(C)(C)C)[C]23[Ge]([CH3])([CH3])[CH3]. The molecule has 4 rings (SSSR count). The van der Waals surface area contributed by atoms with Crippen LogP contribution in [0.1, 0.15) is 62.3 Å². The van der Waals surface area contributed by atoms with Crippen molar-refractivity contribution in [2.24, 2.45) is 32.5 Å². The summed E-state index contributed by atoms with van der Waals surface area (Å²) in [5, 5.41) is 0. The third-order valence-electron chi connectivity index (χ3n) is 7.62. The van der Waals surface area contributed by atoms with Crippen molar-refractivity contribution in [3.63, 3.8) is 0 Å². The maximum atomic E-state index is 2.69. The van der Waals surface area contributed by atoms with E-state index in [9.17, 15) is 0 Å². The van der Waals surface area contributed by atoms with Gasteiger partial charge in [-0.05, 0) is 0 Å². The first-order chi connectivity index (χ1) is 8.50. The minimum atomic E-state index is -1.74. The van der Waals surface area contributed by atoms with Gasteiger partial charge in [-0.3, -0.25) is 0 Å². The second kappa shape index (κ2) is 2.85. The predicted molar refractivity (Wildman–Crippen MR) is 91.7 cm³/mol. The standard InChI is InChI=1S/C19H36Ge/c1-13(2,3)16-17(14(4,5)6)18(16,15(7,8)9)19(16,17)20(10,11)12/h1-12H3. The summed E-state index contributed by atoms with van der Waals surface area (Å²) in [5.41, 5.74) is 3.38. The van der Waals surface area contributed by atoms with E-state index >= 15 is 0 Å². The quantitative estimate of drug-likeness (QED) is 0.500. The molecule has 4 aliphatic rings. The van der Waals surface area contributed by atoms with Gasteiger partial charge in [-0.1, -0.05) is 0 Å². The molecule has 0 heterocycles. The zero-order valence-corrected chi connectivity index (χ0v) is 18.1. The van der Waals surface area contributed by atoms with E-state index < -0.39 is 13.3 Å². The number of hydrogen-bond donors (Lipinski definition) is 0. The molecule has 0 radical (unpaired) electrons. The molecule has 0 nitrogen and oxygen atoms in total.